The second-order valence-corrected chi connectivity index (χ2v) is 9.67. The van der Waals surface area contributed by atoms with E-state index in [-0.39, 0.29) is 19.7 Å². The molecule has 0 bridgehead atoms. The smallest absolute Gasteiger partial charge is 0.407 e. The van der Waals surface area contributed by atoms with E-state index in [1.807, 2.05) is 60.7 Å². The predicted octanol–water partition coefficient (Wildman–Crippen LogP) is 4.00. The second-order valence-electron chi connectivity index (χ2n) is 9.67. The highest BCUT2D eigenvalue weighted by Crippen LogP contribution is 2.21. The van der Waals surface area contributed by atoms with E-state index < -0.39 is 36.0 Å². The minimum absolute atomic E-state index is 0.0175. The van der Waals surface area contributed by atoms with Gasteiger partial charge in [0.25, 0.3) is 0 Å². The van der Waals surface area contributed by atoms with Gasteiger partial charge >= 0.3 is 24.1 Å². The van der Waals surface area contributed by atoms with Crippen molar-refractivity contribution in [3.63, 3.8) is 0 Å². The van der Waals surface area contributed by atoms with Gasteiger partial charge in [0.05, 0.1) is 5.92 Å². The van der Waals surface area contributed by atoms with E-state index in [0.29, 0.717) is 51.6 Å². The van der Waals surface area contributed by atoms with Crippen LogP contribution in [0.3, 0.4) is 0 Å². The fourth-order valence-corrected chi connectivity index (χ4v) is 4.64. The third-order valence-corrected chi connectivity index (χ3v) is 6.81. The number of likely N-dealkylation sites (tertiary alicyclic amines) is 1. The number of carbonyl (C=O) groups excluding carboxylic acids is 2. The second kappa shape index (κ2) is 15.4. The number of carboxylic acid groups (broad SMARTS) is 2. The number of carboxylic acids is 2. The van der Waals surface area contributed by atoms with E-state index in [9.17, 15) is 29.4 Å². The monoisotopic (exact) mass is 539 g/mol. The zero-order valence-electron chi connectivity index (χ0n) is 22.0. The van der Waals surface area contributed by atoms with Gasteiger partial charge in [-0.25, -0.2) is 14.4 Å². The molecule has 3 rings (SSSR count). The zero-order chi connectivity index (χ0) is 28.0. The number of alkyl carbamates (subject to hydrolysis) is 1. The zero-order valence-corrected chi connectivity index (χ0v) is 22.0. The third-order valence-electron chi connectivity index (χ3n) is 6.81. The van der Waals surface area contributed by atoms with Gasteiger partial charge in [-0.05, 0) is 49.7 Å². The molecule has 0 radical (unpaired) electrons. The number of nitrogens with zero attached hydrogens (tertiary/aromatic N) is 2. The number of benzene rings is 2. The van der Waals surface area contributed by atoms with Crippen LogP contribution >= 0.6 is 0 Å². The van der Waals surface area contributed by atoms with Crippen molar-refractivity contribution in [3.8, 4) is 0 Å². The van der Waals surface area contributed by atoms with E-state index in [1.165, 1.54) is 9.80 Å². The van der Waals surface area contributed by atoms with E-state index in [0.717, 1.165) is 11.1 Å². The number of urea groups is 1. The van der Waals surface area contributed by atoms with Gasteiger partial charge in [-0.3, -0.25) is 4.79 Å². The number of amides is 3. The molecule has 1 unspecified atom stereocenters. The summed E-state index contributed by atoms with van der Waals surface area (Å²) in [4.78, 5) is 51.9. The molecule has 10 heteroatoms. The molecule has 1 saturated heterocycles. The van der Waals surface area contributed by atoms with Crippen molar-refractivity contribution in [1.82, 2.24) is 15.1 Å². The highest BCUT2D eigenvalue weighted by molar-refractivity contribution is 5.83. The first-order chi connectivity index (χ1) is 18.8. The molecule has 0 saturated carbocycles. The summed E-state index contributed by atoms with van der Waals surface area (Å²) >= 11 is 0. The lowest BCUT2D eigenvalue weighted by molar-refractivity contribution is -0.143. The number of carbonyl (C=O) groups is 4. The summed E-state index contributed by atoms with van der Waals surface area (Å²) in [6, 6.07) is 17.5. The van der Waals surface area contributed by atoms with Crippen molar-refractivity contribution in [2.75, 3.05) is 26.2 Å². The predicted molar refractivity (Wildman–Crippen MR) is 144 cm³/mol. The average molecular weight is 540 g/mol. The summed E-state index contributed by atoms with van der Waals surface area (Å²) in [5.74, 6) is -2.85. The van der Waals surface area contributed by atoms with Gasteiger partial charge in [0.1, 0.15) is 12.6 Å². The van der Waals surface area contributed by atoms with Crippen LogP contribution < -0.4 is 5.32 Å². The third kappa shape index (κ3) is 9.63. The molecule has 10 nitrogen and oxygen atoms in total. The average Bonchev–Trinajstić information content (AvgIpc) is 3.44. The van der Waals surface area contributed by atoms with Gasteiger partial charge in [-0.2, -0.15) is 0 Å². The number of hydrogen-bond acceptors (Lipinski definition) is 5. The molecule has 3 N–H and O–H groups in total. The van der Waals surface area contributed by atoms with Crippen molar-refractivity contribution in [2.45, 2.75) is 51.2 Å². The summed E-state index contributed by atoms with van der Waals surface area (Å²) in [5.41, 5.74) is 1.89. The highest BCUT2D eigenvalue weighted by atomic mass is 16.5. The Balaban J connectivity index is 1.54. The van der Waals surface area contributed by atoms with Crippen molar-refractivity contribution in [1.29, 1.82) is 0 Å². The Morgan fingerprint density at radius 1 is 0.974 bits per heavy atom. The maximum atomic E-state index is 13.4. The minimum Gasteiger partial charge on any atom is -0.481 e. The molecular formula is C29H37N3O7. The Morgan fingerprint density at radius 2 is 1.64 bits per heavy atom. The van der Waals surface area contributed by atoms with Gasteiger partial charge in [-0.1, -0.05) is 60.7 Å². The van der Waals surface area contributed by atoms with Crippen LogP contribution in [0.25, 0.3) is 0 Å². The molecule has 2 aromatic carbocycles. The number of aryl methyl sites for hydroxylation is 1. The lowest BCUT2D eigenvalue weighted by Crippen LogP contribution is -2.50. The first kappa shape index (κ1) is 29.5. The fraction of sp³-hybridized carbons (Fsp3) is 0.448. The maximum Gasteiger partial charge on any atom is 0.407 e. The van der Waals surface area contributed by atoms with Crippen LogP contribution in [-0.2, 0) is 27.4 Å². The first-order valence-corrected chi connectivity index (χ1v) is 13.3. The van der Waals surface area contributed by atoms with Crippen LogP contribution in [0.2, 0.25) is 0 Å². The number of aliphatic carboxylic acids is 2. The Hall–Kier alpha value is -4.08. The number of ether oxygens (including phenoxy) is 1. The normalized spacial score (nSPS) is 15.4. The summed E-state index contributed by atoms with van der Waals surface area (Å²) in [5, 5.41) is 22.1. The molecule has 1 aliphatic rings. The molecule has 1 fully saturated rings. The van der Waals surface area contributed by atoms with Gasteiger partial charge < -0.3 is 30.1 Å². The molecule has 0 aromatic heterocycles. The van der Waals surface area contributed by atoms with Crippen molar-refractivity contribution < 1.29 is 34.1 Å². The lowest BCUT2D eigenvalue weighted by Gasteiger charge is -2.32. The summed E-state index contributed by atoms with van der Waals surface area (Å²) in [6.45, 7) is 1.04. The Kier molecular flexibility index (Phi) is 11.6. The first-order valence-electron chi connectivity index (χ1n) is 13.3. The Bertz CT molecular complexity index is 1080. The van der Waals surface area contributed by atoms with Crippen LogP contribution in [0.4, 0.5) is 9.59 Å². The van der Waals surface area contributed by atoms with E-state index in [2.05, 4.69) is 5.32 Å². The molecule has 2 atom stereocenters. The van der Waals surface area contributed by atoms with Gasteiger partial charge in [0.2, 0.25) is 0 Å². The van der Waals surface area contributed by atoms with Crippen molar-refractivity contribution in [2.24, 2.45) is 5.92 Å². The standard InChI is InChI=1S/C29H37N3O7/c33-26(34)24(16-15-22-10-3-1-4-11-22)20-31(29(38)32-19-9-14-25(32)27(35)36)18-8-7-17-30-28(37)39-21-23-12-5-2-6-13-23/h1-6,10-13,24-25H,7-9,14-21H2,(H,30,37)(H,33,34)(H,35,36)/t24?,25-/m0/s1. The molecule has 1 aliphatic heterocycles. The van der Waals surface area contributed by atoms with Crippen LogP contribution in [0.5, 0.6) is 0 Å². The topological polar surface area (TPSA) is 136 Å². The minimum atomic E-state index is -1.06. The molecule has 210 valence electrons. The largest absolute Gasteiger partial charge is 0.481 e. The van der Waals surface area contributed by atoms with Crippen molar-refractivity contribution in [3.05, 3.63) is 71.8 Å². The van der Waals surface area contributed by atoms with Gasteiger partial charge in [0, 0.05) is 26.2 Å². The molecule has 39 heavy (non-hydrogen) atoms. The molecule has 0 aliphatic carbocycles. The van der Waals surface area contributed by atoms with Crippen LogP contribution in [0.15, 0.2) is 60.7 Å². The molecule has 2 aromatic rings. The maximum absolute atomic E-state index is 13.4. The molecule has 3 amide bonds. The van der Waals surface area contributed by atoms with E-state index >= 15 is 0 Å². The summed E-state index contributed by atoms with van der Waals surface area (Å²) in [7, 11) is 0. The van der Waals surface area contributed by atoms with Gasteiger partial charge in [-0.15, -0.1) is 0 Å². The van der Waals surface area contributed by atoms with Crippen LogP contribution in [-0.4, -0.2) is 76.3 Å². The number of hydrogen-bond donors (Lipinski definition) is 3. The Labute approximate surface area is 228 Å². The van der Waals surface area contributed by atoms with Crippen molar-refractivity contribution >= 4 is 24.1 Å². The van der Waals surface area contributed by atoms with Crippen LogP contribution in [0.1, 0.15) is 43.2 Å². The molecule has 0 spiro atoms. The highest BCUT2D eigenvalue weighted by Gasteiger charge is 2.37. The quantitative estimate of drug-likeness (QED) is 0.309. The van der Waals surface area contributed by atoms with Crippen LogP contribution in [0, 0.1) is 5.92 Å². The fourth-order valence-electron chi connectivity index (χ4n) is 4.64. The summed E-state index contributed by atoms with van der Waals surface area (Å²) in [6.07, 6.45) is 2.36. The molecule has 1 heterocycles. The number of rotatable bonds is 14. The SMILES string of the molecule is O=C(NCCCCN(CC(CCc1ccccc1)C(=O)O)C(=O)N1CCC[C@H]1C(=O)O)OCc1ccccc1. The molecular weight excluding hydrogens is 502 g/mol. The van der Waals surface area contributed by atoms with Gasteiger partial charge in [0.15, 0.2) is 0 Å². The van der Waals surface area contributed by atoms with E-state index in [4.69, 9.17) is 4.74 Å². The van der Waals surface area contributed by atoms with E-state index in [1.54, 1.807) is 0 Å². The Morgan fingerprint density at radius 3 is 2.28 bits per heavy atom. The summed E-state index contributed by atoms with van der Waals surface area (Å²) < 4.78 is 5.20. The number of unbranched alkanes of at least 4 members (excludes halogenated alkanes) is 1. The lowest BCUT2D eigenvalue weighted by atomic mass is 9.99. The number of nitrogens with one attached hydrogen (secondary N) is 1.